The minimum absolute atomic E-state index is 0.0929. The average Bonchev–Trinajstić information content (AvgIpc) is 2.38. The Hall–Kier alpha value is -1.77. The fourth-order valence-electron chi connectivity index (χ4n) is 1.36. The van der Waals surface area contributed by atoms with E-state index in [0.29, 0.717) is 6.54 Å². The number of nitro benzene ring substituents is 1. The van der Waals surface area contributed by atoms with Crippen molar-refractivity contribution in [2.45, 2.75) is 6.54 Å². The molecular formula is C11H9IN4O2. The van der Waals surface area contributed by atoms with Crippen LogP contribution in [0.2, 0.25) is 0 Å². The van der Waals surface area contributed by atoms with Crippen LogP contribution >= 0.6 is 22.6 Å². The minimum Gasteiger partial charge on any atom is -0.365 e. The molecule has 0 atom stereocenters. The van der Waals surface area contributed by atoms with Crippen molar-refractivity contribution in [3.63, 3.8) is 0 Å². The van der Waals surface area contributed by atoms with Crippen LogP contribution in [0, 0.1) is 13.7 Å². The number of benzene rings is 1. The SMILES string of the molecule is O=[N+]([O-])c1ccc(CNc2ncncc2I)cc1. The van der Waals surface area contributed by atoms with Crippen LogP contribution in [-0.2, 0) is 6.54 Å². The number of hydrogen-bond acceptors (Lipinski definition) is 5. The van der Waals surface area contributed by atoms with E-state index in [4.69, 9.17) is 0 Å². The predicted molar refractivity (Wildman–Crippen MR) is 75.2 cm³/mol. The fourth-order valence-corrected chi connectivity index (χ4v) is 1.85. The lowest BCUT2D eigenvalue weighted by atomic mass is 10.2. The lowest BCUT2D eigenvalue weighted by Crippen LogP contribution is -2.03. The Bertz CT molecular complexity index is 559. The molecule has 18 heavy (non-hydrogen) atoms. The van der Waals surface area contributed by atoms with Gasteiger partial charge in [0, 0.05) is 24.9 Å². The fraction of sp³-hybridized carbons (Fsp3) is 0.0909. The highest BCUT2D eigenvalue weighted by atomic mass is 127. The number of nitro groups is 1. The molecule has 0 bridgehead atoms. The molecule has 0 aliphatic carbocycles. The van der Waals surface area contributed by atoms with Gasteiger partial charge in [-0.05, 0) is 28.2 Å². The van der Waals surface area contributed by atoms with Gasteiger partial charge in [-0.15, -0.1) is 0 Å². The number of halogens is 1. The van der Waals surface area contributed by atoms with Crippen LogP contribution in [0.1, 0.15) is 5.56 Å². The first-order chi connectivity index (χ1) is 8.66. The average molecular weight is 356 g/mol. The molecule has 0 spiro atoms. The van der Waals surface area contributed by atoms with E-state index in [9.17, 15) is 10.1 Å². The lowest BCUT2D eigenvalue weighted by molar-refractivity contribution is -0.384. The number of nitrogens with one attached hydrogen (secondary N) is 1. The summed E-state index contributed by atoms with van der Waals surface area (Å²) in [5.41, 5.74) is 1.05. The second-order valence-corrected chi connectivity index (χ2v) is 4.66. The molecule has 7 heteroatoms. The second-order valence-electron chi connectivity index (χ2n) is 3.50. The van der Waals surface area contributed by atoms with Crippen molar-refractivity contribution in [2.24, 2.45) is 0 Å². The number of non-ortho nitro benzene ring substituents is 1. The monoisotopic (exact) mass is 356 g/mol. The Labute approximate surface area is 117 Å². The molecule has 1 heterocycles. The molecule has 92 valence electrons. The number of hydrogen-bond donors (Lipinski definition) is 1. The van der Waals surface area contributed by atoms with E-state index in [1.807, 2.05) is 0 Å². The van der Waals surface area contributed by atoms with Crippen molar-refractivity contribution in [1.29, 1.82) is 0 Å². The third-order valence-electron chi connectivity index (χ3n) is 2.27. The number of nitrogens with zero attached hydrogens (tertiary/aromatic N) is 3. The van der Waals surface area contributed by atoms with Crippen LogP contribution in [0.5, 0.6) is 0 Å². The zero-order chi connectivity index (χ0) is 13.0. The molecule has 1 aromatic carbocycles. The van der Waals surface area contributed by atoms with E-state index in [-0.39, 0.29) is 5.69 Å². The Morgan fingerprint density at radius 3 is 2.67 bits per heavy atom. The van der Waals surface area contributed by atoms with Crippen LogP contribution in [0.4, 0.5) is 11.5 Å². The second kappa shape index (κ2) is 5.71. The highest BCUT2D eigenvalue weighted by Crippen LogP contribution is 2.15. The first-order valence-electron chi connectivity index (χ1n) is 5.09. The summed E-state index contributed by atoms with van der Waals surface area (Å²) in [7, 11) is 0. The number of aromatic nitrogens is 2. The molecule has 0 aliphatic heterocycles. The summed E-state index contributed by atoms with van der Waals surface area (Å²) in [6.07, 6.45) is 3.19. The van der Waals surface area contributed by atoms with Crippen molar-refractivity contribution < 1.29 is 4.92 Å². The first-order valence-corrected chi connectivity index (χ1v) is 6.17. The van der Waals surface area contributed by atoms with Crippen LogP contribution in [0.25, 0.3) is 0 Å². The van der Waals surface area contributed by atoms with Gasteiger partial charge in [-0.3, -0.25) is 10.1 Å². The van der Waals surface area contributed by atoms with Crippen molar-refractivity contribution in [2.75, 3.05) is 5.32 Å². The molecule has 0 saturated heterocycles. The van der Waals surface area contributed by atoms with Crippen molar-refractivity contribution in [3.05, 3.63) is 56.0 Å². The molecule has 0 radical (unpaired) electrons. The van der Waals surface area contributed by atoms with Crippen molar-refractivity contribution in [3.8, 4) is 0 Å². The van der Waals surface area contributed by atoms with Crippen LogP contribution in [-0.4, -0.2) is 14.9 Å². The molecule has 0 saturated carbocycles. The number of rotatable bonds is 4. The standard InChI is InChI=1S/C11H9IN4O2/c12-10-6-13-7-15-11(10)14-5-8-1-3-9(4-2-8)16(17)18/h1-4,6-7H,5H2,(H,13,14,15). The minimum atomic E-state index is -0.412. The van der Waals surface area contributed by atoms with Gasteiger partial charge in [-0.25, -0.2) is 9.97 Å². The Balaban J connectivity index is 2.02. The molecule has 6 nitrogen and oxygen atoms in total. The summed E-state index contributed by atoms with van der Waals surface area (Å²) in [6, 6.07) is 6.42. The molecule has 0 unspecified atom stereocenters. The zero-order valence-electron chi connectivity index (χ0n) is 9.21. The molecule has 0 amide bonds. The highest BCUT2D eigenvalue weighted by Gasteiger charge is 2.04. The third-order valence-corrected chi connectivity index (χ3v) is 3.06. The molecule has 1 aromatic heterocycles. The van der Waals surface area contributed by atoms with E-state index in [1.165, 1.54) is 18.5 Å². The van der Waals surface area contributed by atoms with Gasteiger partial charge in [-0.1, -0.05) is 12.1 Å². The van der Waals surface area contributed by atoms with Gasteiger partial charge >= 0.3 is 0 Å². The van der Waals surface area contributed by atoms with Gasteiger partial charge in [0.15, 0.2) is 0 Å². The summed E-state index contributed by atoms with van der Waals surface area (Å²) in [5.74, 6) is 0.754. The maximum absolute atomic E-state index is 10.5. The highest BCUT2D eigenvalue weighted by molar-refractivity contribution is 14.1. The lowest BCUT2D eigenvalue weighted by Gasteiger charge is -2.06. The summed E-state index contributed by atoms with van der Waals surface area (Å²) < 4.78 is 0.928. The van der Waals surface area contributed by atoms with Crippen LogP contribution < -0.4 is 5.32 Å². The number of anilines is 1. The molecule has 0 aliphatic rings. The molecular weight excluding hydrogens is 347 g/mol. The summed E-state index contributed by atoms with van der Waals surface area (Å²) in [6.45, 7) is 0.561. The Morgan fingerprint density at radius 2 is 2.06 bits per heavy atom. The Kier molecular flexibility index (Phi) is 4.03. The van der Waals surface area contributed by atoms with Gasteiger partial charge < -0.3 is 5.32 Å². The van der Waals surface area contributed by atoms with Gasteiger partial charge in [0.25, 0.3) is 5.69 Å². The molecule has 2 aromatic rings. The summed E-state index contributed by atoms with van der Waals surface area (Å²) in [4.78, 5) is 18.1. The van der Waals surface area contributed by atoms with E-state index < -0.39 is 4.92 Å². The van der Waals surface area contributed by atoms with E-state index in [2.05, 4.69) is 37.9 Å². The smallest absolute Gasteiger partial charge is 0.269 e. The normalized spacial score (nSPS) is 10.1. The molecule has 2 rings (SSSR count). The summed E-state index contributed by atoms with van der Waals surface area (Å²) >= 11 is 2.14. The maximum Gasteiger partial charge on any atom is 0.269 e. The molecule has 0 fully saturated rings. The molecule has 1 N–H and O–H groups in total. The first kappa shape index (κ1) is 12.7. The van der Waals surface area contributed by atoms with Crippen LogP contribution in [0.15, 0.2) is 36.8 Å². The predicted octanol–water partition coefficient (Wildman–Crippen LogP) is 2.60. The van der Waals surface area contributed by atoms with E-state index >= 15 is 0 Å². The maximum atomic E-state index is 10.5. The Morgan fingerprint density at radius 1 is 1.33 bits per heavy atom. The van der Waals surface area contributed by atoms with E-state index in [1.54, 1.807) is 18.3 Å². The van der Waals surface area contributed by atoms with Gasteiger partial charge in [0.1, 0.15) is 12.1 Å². The van der Waals surface area contributed by atoms with Gasteiger partial charge in [0.05, 0.1) is 8.49 Å². The van der Waals surface area contributed by atoms with Gasteiger partial charge in [0.2, 0.25) is 0 Å². The van der Waals surface area contributed by atoms with Crippen molar-refractivity contribution >= 4 is 34.1 Å². The topological polar surface area (TPSA) is 81.0 Å². The zero-order valence-corrected chi connectivity index (χ0v) is 11.4. The quantitative estimate of drug-likeness (QED) is 0.518. The van der Waals surface area contributed by atoms with Gasteiger partial charge in [-0.2, -0.15) is 0 Å². The van der Waals surface area contributed by atoms with Crippen molar-refractivity contribution in [1.82, 2.24) is 9.97 Å². The van der Waals surface area contributed by atoms with Crippen LogP contribution in [0.3, 0.4) is 0 Å². The summed E-state index contributed by atoms with van der Waals surface area (Å²) in [5, 5.41) is 13.7. The third kappa shape index (κ3) is 3.13. The largest absolute Gasteiger partial charge is 0.365 e. The van der Waals surface area contributed by atoms with E-state index in [0.717, 1.165) is 15.0 Å².